The molecule has 0 aliphatic rings. The zero-order valence-electron chi connectivity index (χ0n) is 7.63. The van der Waals surface area contributed by atoms with E-state index in [1.54, 1.807) is 0 Å². The number of carboxylic acids is 1. The number of hydrogen-bond acceptors (Lipinski definition) is 2. The lowest BCUT2D eigenvalue weighted by Gasteiger charge is -2.11. The fourth-order valence-electron chi connectivity index (χ4n) is 0.840. The molecule has 0 radical (unpaired) electrons. The summed E-state index contributed by atoms with van der Waals surface area (Å²) < 4.78 is 30.7. The minimum absolute atomic E-state index is 0.386. The normalized spacial score (nSPS) is 12.3. The molecular formula is C9H7ClF2O3. The van der Waals surface area contributed by atoms with E-state index in [0.717, 1.165) is 12.1 Å². The monoisotopic (exact) mass is 236 g/mol. The van der Waals surface area contributed by atoms with Gasteiger partial charge in [-0.15, -0.1) is 0 Å². The predicted molar refractivity (Wildman–Crippen MR) is 49.1 cm³/mol. The van der Waals surface area contributed by atoms with Gasteiger partial charge in [-0.3, -0.25) is 0 Å². The average molecular weight is 237 g/mol. The van der Waals surface area contributed by atoms with Gasteiger partial charge < -0.3 is 9.84 Å². The molecule has 0 aromatic heterocycles. The lowest BCUT2D eigenvalue weighted by Crippen LogP contribution is -2.23. The van der Waals surface area contributed by atoms with Crippen molar-refractivity contribution < 1.29 is 23.4 Å². The van der Waals surface area contributed by atoms with E-state index >= 15 is 0 Å². The Morgan fingerprint density at radius 2 is 2.07 bits per heavy atom. The number of carbonyl (C=O) groups is 1. The third kappa shape index (κ3) is 2.56. The molecular weight excluding hydrogens is 230 g/mol. The summed E-state index contributed by atoms with van der Waals surface area (Å²) in [5, 5.41) is 8.10. The largest absolute Gasteiger partial charge is 0.479 e. The standard InChI is InChI=1S/C9H7ClF2O3/c1-4(9(13)14)15-6-3-2-5(10)7(11)8(6)12/h2-4H,1H3,(H,13,14)/t4-/m0/s1. The lowest BCUT2D eigenvalue weighted by atomic mass is 10.3. The first kappa shape index (κ1) is 11.7. The predicted octanol–water partition coefficient (Wildman–Crippen LogP) is 2.47. The van der Waals surface area contributed by atoms with Crippen LogP contribution in [-0.4, -0.2) is 17.2 Å². The van der Waals surface area contributed by atoms with Crippen molar-refractivity contribution in [2.75, 3.05) is 0 Å². The van der Waals surface area contributed by atoms with Gasteiger partial charge in [0, 0.05) is 0 Å². The van der Waals surface area contributed by atoms with E-state index in [2.05, 4.69) is 4.74 Å². The van der Waals surface area contributed by atoms with Crippen LogP contribution >= 0.6 is 11.6 Å². The summed E-state index contributed by atoms with van der Waals surface area (Å²) in [5.41, 5.74) is 0. The zero-order chi connectivity index (χ0) is 11.6. The molecule has 0 saturated heterocycles. The van der Waals surface area contributed by atoms with Crippen molar-refractivity contribution in [2.45, 2.75) is 13.0 Å². The van der Waals surface area contributed by atoms with E-state index < -0.39 is 29.5 Å². The highest BCUT2D eigenvalue weighted by Crippen LogP contribution is 2.26. The van der Waals surface area contributed by atoms with Gasteiger partial charge >= 0.3 is 5.97 Å². The third-order valence-electron chi connectivity index (χ3n) is 1.65. The van der Waals surface area contributed by atoms with Crippen molar-refractivity contribution in [3.05, 3.63) is 28.8 Å². The van der Waals surface area contributed by atoms with Crippen molar-refractivity contribution in [2.24, 2.45) is 0 Å². The van der Waals surface area contributed by atoms with Crippen molar-refractivity contribution in [1.29, 1.82) is 0 Å². The van der Waals surface area contributed by atoms with Crippen molar-refractivity contribution in [3.63, 3.8) is 0 Å². The second kappa shape index (κ2) is 4.44. The van der Waals surface area contributed by atoms with Crippen LogP contribution in [0.1, 0.15) is 6.92 Å². The van der Waals surface area contributed by atoms with Crippen LogP contribution in [0.2, 0.25) is 5.02 Å². The molecule has 1 aromatic rings. The summed E-state index contributed by atoms with van der Waals surface area (Å²) in [6, 6.07) is 2.16. The van der Waals surface area contributed by atoms with Crippen molar-refractivity contribution in [3.8, 4) is 5.75 Å². The number of rotatable bonds is 3. The maximum Gasteiger partial charge on any atom is 0.344 e. The smallest absolute Gasteiger partial charge is 0.344 e. The number of halogens is 3. The van der Waals surface area contributed by atoms with Crippen molar-refractivity contribution in [1.82, 2.24) is 0 Å². The molecule has 82 valence electrons. The molecule has 0 spiro atoms. The molecule has 15 heavy (non-hydrogen) atoms. The van der Waals surface area contributed by atoms with Gasteiger partial charge in [0.25, 0.3) is 0 Å². The topological polar surface area (TPSA) is 46.5 Å². The van der Waals surface area contributed by atoms with E-state index in [1.165, 1.54) is 6.92 Å². The summed E-state index contributed by atoms with van der Waals surface area (Å²) >= 11 is 5.30. The van der Waals surface area contributed by atoms with Gasteiger partial charge in [0.05, 0.1) is 5.02 Å². The first-order valence-corrected chi connectivity index (χ1v) is 4.34. The Morgan fingerprint density at radius 1 is 1.47 bits per heavy atom. The highest BCUT2D eigenvalue weighted by atomic mass is 35.5. The molecule has 1 atom stereocenters. The van der Waals surface area contributed by atoms with E-state index in [9.17, 15) is 13.6 Å². The third-order valence-corrected chi connectivity index (χ3v) is 1.94. The van der Waals surface area contributed by atoms with E-state index in [0.29, 0.717) is 0 Å². The Balaban J connectivity index is 2.97. The van der Waals surface area contributed by atoms with Gasteiger partial charge in [-0.2, -0.15) is 4.39 Å². The molecule has 1 N–H and O–H groups in total. The Bertz CT molecular complexity index is 395. The Labute approximate surface area is 89.2 Å². The number of ether oxygens (including phenoxy) is 1. The minimum Gasteiger partial charge on any atom is -0.479 e. The van der Waals surface area contributed by atoms with Gasteiger partial charge in [-0.05, 0) is 19.1 Å². The summed E-state index contributed by atoms with van der Waals surface area (Å²) in [6.45, 7) is 1.20. The molecule has 0 unspecified atom stereocenters. The van der Waals surface area contributed by atoms with Crippen LogP contribution in [0.15, 0.2) is 12.1 Å². The fourth-order valence-corrected chi connectivity index (χ4v) is 0.986. The first-order chi connectivity index (χ1) is 6.93. The quantitative estimate of drug-likeness (QED) is 0.820. The maximum absolute atomic E-state index is 13.1. The molecule has 0 bridgehead atoms. The second-order valence-corrected chi connectivity index (χ2v) is 3.18. The highest BCUT2D eigenvalue weighted by molar-refractivity contribution is 6.30. The fraction of sp³-hybridized carbons (Fsp3) is 0.222. The van der Waals surface area contributed by atoms with Crippen LogP contribution in [0.5, 0.6) is 5.75 Å². The molecule has 0 fully saturated rings. The lowest BCUT2D eigenvalue weighted by molar-refractivity contribution is -0.144. The summed E-state index contributed by atoms with van der Waals surface area (Å²) in [5.74, 6) is -4.31. The van der Waals surface area contributed by atoms with Crippen LogP contribution in [0.3, 0.4) is 0 Å². The Hall–Kier alpha value is -1.36. The average Bonchev–Trinajstić information content (AvgIpc) is 2.18. The number of carboxylic acid groups (broad SMARTS) is 1. The van der Waals surface area contributed by atoms with Crippen molar-refractivity contribution >= 4 is 17.6 Å². The zero-order valence-corrected chi connectivity index (χ0v) is 8.39. The first-order valence-electron chi connectivity index (χ1n) is 3.96. The summed E-state index contributed by atoms with van der Waals surface area (Å²) in [7, 11) is 0. The van der Waals surface area contributed by atoms with Gasteiger partial charge in [-0.25, -0.2) is 9.18 Å². The number of benzene rings is 1. The maximum atomic E-state index is 13.1. The van der Waals surface area contributed by atoms with Gasteiger partial charge in [0.1, 0.15) is 0 Å². The molecule has 0 aliphatic carbocycles. The summed E-state index contributed by atoms with van der Waals surface area (Å²) in [4.78, 5) is 10.4. The molecule has 0 heterocycles. The number of hydrogen-bond donors (Lipinski definition) is 1. The van der Waals surface area contributed by atoms with Crippen LogP contribution in [0.25, 0.3) is 0 Å². The van der Waals surface area contributed by atoms with Crippen LogP contribution in [0.4, 0.5) is 8.78 Å². The van der Waals surface area contributed by atoms with Gasteiger partial charge in [-0.1, -0.05) is 11.6 Å². The molecule has 3 nitrogen and oxygen atoms in total. The summed E-state index contributed by atoms with van der Waals surface area (Å²) in [6.07, 6.45) is -1.26. The van der Waals surface area contributed by atoms with E-state index in [4.69, 9.17) is 16.7 Å². The number of aliphatic carboxylic acids is 1. The molecule has 6 heteroatoms. The Kier molecular flexibility index (Phi) is 3.47. The molecule has 0 saturated carbocycles. The van der Waals surface area contributed by atoms with E-state index in [1.807, 2.05) is 0 Å². The van der Waals surface area contributed by atoms with Crippen LogP contribution in [0, 0.1) is 11.6 Å². The van der Waals surface area contributed by atoms with Gasteiger partial charge in [0.15, 0.2) is 17.7 Å². The van der Waals surface area contributed by atoms with Gasteiger partial charge in [0.2, 0.25) is 5.82 Å². The SMILES string of the molecule is C[C@H](Oc1ccc(Cl)c(F)c1F)C(=O)O. The second-order valence-electron chi connectivity index (χ2n) is 2.77. The molecule has 0 aliphatic heterocycles. The highest BCUT2D eigenvalue weighted by Gasteiger charge is 2.18. The minimum atomic E-state index is -1.30. The molecule has 1 rings (SSSR count). The molecule has 1 aromatic carbocycles. The van der Waals surface area contributed by atoms with E-state index in [-0.39, 0.29) is 5.02 Å². The van der Waals surface area contributed by atoms with Crippen LogP contribution in [-0.2, 0) is 4.79 Å². The van der Waals surface area contributed by atoms with Crippen LogP contribution < -0.4 is 4.74 Å². The Morgan fingerprint density at radius 3 is 2.60 bits per heavy atom. The molecule has 0 amide bonds.